The zero-order chi connectivity index (χ0) is 23.2. The van der Waals surface area contributed by atoms with Crippen LogP contribution in [0.15, 0.2) is 24.3 Å². The monoisotopic (exact) mass is 461 g/mol. The summed E-state index contributed by atoms with van der Waals surface area (Å²) in [6, 6.07) is 8.04. The average molecular weight is 462 g/mol. The second-order valence-corrected chi connectivity index (χ2v) is 9.75. The number of quaternary nitrogens is 1. The Hall–Kier alpha value is -1.30. The van der Waals surface area contributed by atoms with Gasteiger partial charge in [-0.15, -0.1) is 0 Å². The van der Waals surface area contributed by atoms with Crippen molar-refractivity contribution in [1.82, 2.24) is 4.65 Å². The zero-order valence-corrected chi connectivity index (χ0v) is 21.5. The minimum absolute atomic E-state index is 0.0286. The fourth-order valence-corrected chi connectivity index (χ4v) is 4.57. The summed E-state index contributed by atoms with van der Waals surface area (Å²) in [5.41, 5.74) is 1.83. The van der Waals surface area contributed by atoms with Crippen LogP contribution in [0.3, 0.4) is 0 Å². The molecule has 1 aliphatic carbocycles. The van der Waals surface area contributed by atoms with Crippen LogP contribution in [0.4, 0.5) is 11.4 Å². The average Bonchev–Trinajstić information content (AvgIpc) is 3.62. The summed E-state index contributed by atoms with van der Waals surface area (Å²) in [6.45, 7) is 7.26. The predicted octanol–water partition coefficient (Wildman–Crippen LogP) is 7.95. The SMILES string of the molecule is CCCCCCCCCCCCO[N+](CCC)(C(C)=O)c1cccc(NC(=S)C2CC2)c1. The van der Waals surface area contributed by atoms with Gasteiger partial charge in [0.1, 0.15) is 13.2 Å². The predicted molar refractivity (Wildman–Crippen MR) is 141 cm³/mol. The first-order chi connectivity index (χ1) is 15.5. The van der Waals surface area contributed by atoms with Crippen LogP contribution in [0.25, 0.3) is 0 Å². The first-order valence-corrected chi connectivity index (χ1v) is 13.4. The molecular formula is C27H45N2O2S+. The number of hydrogen-bond donors (Lipinski definition) is 1. The van der Waals surface area contributed by atoms with Gasteiger partial charge in [0.05, 0.1) is 11.9 Å². The molecule has 0 saturated heterocycles. The van der Waals surface area contributed by atoms with Crippen molar-refractivity contribution in [1.29, 1.82) is 0 Å². The molecule has 0 heterocycles. The van der Waals surface area contributed by atoms with E-state index in [0.29, 0.717) is 19.1 Å². The lowest BCUT2D eigenvalue weighted by Gasteiger charge is -2.31. The number of benzene rings is 1. The number of anilines is 1. The Labute approximate surface area is 201 Å². The molecule has 1 aromatic rings. The summed E-state index contributed by atoms with van der Waals surface area (Å²) in [4.78, 5) is 20.1. The minimum Gasteiger partial charge on any atom is -0.350 e. The smallest absolute Gasteiger partial charge is 0.347 e. The summed E-state index contributed by atoms with van der Waals surface area (Å²) in [7, 11) is 0. The van der Waals surface area contributed by atoms with Gasteiger partial charge in [-0.1, -0.05) is 94.6 Å². The molecule has 0 aromatic heterocycles. The second-order valence-electron chi connectivity index (χ2n) is 9.31. The van der Waals surface area contributed by atoms with Crippen molar-refractivity contribution in [2.24, 2.45) is 5.92 Å². The Bertz CT molecular complexity index is 705. The van der Waals surface area contributed by atoms with E-state index in [4.69, 9.17) is 17.1 Å². The highest BCUT2D eigenvalue weighted by Crippen LogP contribution is 2.33. The zero-order valence-electron chi connectivity index (χ0n) is 20.7. The van der Waals surface area contributed by atoms with Crippen molar-refractivity contribution in [3.8, 4) is 0 Å². The van der Waals surface area contributed by atoms with Gasteiger partial charge in [-0.25, -0.2) is 4.79 Å². The molecule has 0 bridgehead atoms. The van der Waals surface area contributed by atoms with Crippen LogP contribution in [0.2, 0.25) is 0 Å². The number of carbonyl (C=O) groups is 1. The number of nitrogens with one attached hydrogen (secondary N) is 1. The van der Waals surface area contributed by atoms with E-state index < -0.39 is 0 Å². The molecular weight excluding hydrogens is 416 g/mol. The van der Waals surface area contributed by atoms with Crippen LogP contribution in [0, 0.1) is 5.92 Å². The molecule has 0 aliphatic heterocycles. The van der Waals surface area contributed by atoms with E-state index in [-0.39, 0.29) is 10.6 Å². The number of hydroxylamine groups is 2. The molecule has 1 amide bonds. The number of amides is 1. The van der Waals surface area contributed by atoms with Crippen molar-refractivity contribution in [3.05, 3.63) is 24.3 Å². The number of carbonyl (C=O) groups excluding carboxylic acids is 1. The van der Waals surface area contributed by atoms with Gasteiger partial charge in [-0.05, 0) is 31.7 Å². The molecule has 5 heteroatoms. The third kappa shape index (κ3) is 8.92. The van der Waals surface area contributed by atoms with E-state index in [1.165, 1.54) is 64.2 Å². The Morgan fingerprint density at radius 2 is 1.62 bits per heavy atom. The van der Waals surface area contributed by atoms with E-state index in [2.05, 4.69) is 19.2 Å². The Morgan fingerprint density at radius 3 is 2.19 bits per heavy atom. The first-order valence-electron chi connectivity index (χ1n) is 13.0. The molecule has 2 rings (SSSR count). The highest BCUT2D eigenvalue weighted by molar-refractivity contribution is 7.80. The number of rotatable bonds is 17. The molecule has 1 unspecified atom stereocenters. The van der Waals surface area contributed by atoms with Crippen LogP contribution in [-0.2, 0) is 9.63 Å². The Balaban J connectivity index is 1.85. The van der Waals surface area contributed by atoms with E-state index in [1.54, 1.807) is 6.92 Å². The molecule has 1 fully saturated rings. The Kier molecular flexibility index (Phi) is 12.4. The normalized spacial score (nSPS) is 15.3. The van der Waals surface area contributed by atoms with Crippen LogP contribution in [-0.4, -0.2) is 24.0 Å². The highest BCUT2D eigenvalue weighted by atomic mass is 32.1. The van der Waals surface area contributed by atoms with Crippen molar-refractivity contribution in [2.75, 3.05) is 18.5 Å². The van der Waals surface area contributed by atoms with Crippen LogP contribution < -0.4 is 9.96 Å². The second kappa shape index (κ2) is 14.8. The summed E-state index contributed by atoms with van der Waals surface area (Å²) < 4.78 is -0.0420. The van der Waals surface area contributed by atoms with Crippen molar-refractivity contribution >= 4 is 34.5 Å². The molecule has 0 radical (unpaired) electrons. The van der Waals surface area contributed by atoms with Crippen molar-refractivity contribution in [3.63, 3.8) is 0 Å². The van der Waals surface area contributed by atoms with Crippen molar-refractivity contribution < 1.29 is 9.63 Å². The van der Waals surface area contributed by atoms with Crippen LogP contribution >= 0.6 is 12.2 Å². The molecule has 32 heavy (non-hydrogen) atoms. The number of unbranched alkanes of at least 4 members (excludes halogenated alkanes) is 9. The lowest BCUT2D eigenvalue weighted by molar-refractivity contribution is -0.179. The highest BCUT2D eigenvalue weighted by Gasteiger charge is 2.38. The molecule has 1 aliphatic rings. The van der Waals surface area contributed by atoms with E-state index in [9.17, 15) is 4.79 Å². The fourth-order valence-electron chi connectivity index (χ4n) is 4.22. The quantitative estimate of drug-likeness (QED) is 0.111. The lowest BCUT2D eigenvalue weighted by atomic mass is 10.1. The summed E-state index contributed by atoms with van der Waals surface area (Å²) >= 11 is 5.50. The number of nitrogens with zero attached hydrogens (tertiary/aromatic N) is 1. The van der Waals surface area contributed by atoms with E-state index in [0.717, 1.165) is 35.6 Å². The fraction of sp³-hybridized carbons (Fsp3) is 0.704. The van der Waals surface area contributed by atoms with E-state index in [1.807, 2.05) is 24.3 Å². The van der Waals surface area contributed by atoms with Gasteiger partial charge in [0, 0.05) is 23.7 Å². The van der Waals surface area contributed by atoms with Crippen LogP contribution in [0.1, 0.15) is 104 Å². The summed E-state index contributed by atoms with van der Waals surface area (Å²) in [5, 5.41) is 3.36. The summed E-state index contributed by atoms with van der Waals surface area (Å²) in [5.74, 6) is 0.546. The van der Waals surface area contributed by atoms with Gasteiger partial charge in [0.2, 0.25) is 0 Å². The molecule has 1 saturated carbocycles. The maximum atomic E-state index is 12.8. The van der Waals surface area contributed by atoms with Gasteiger partial charge in [-0.3, -0.25) is 0 Å². The maximum Gasteiger partial charge on any atom is 0.347 e. The van der Waals surface area contributed by atoms with Crippen molar-refractivity contribution in [2.45, 2.75) is 104 Å². The number of hydrogen-bond acceptors (Lipinski definition) is 3. The van der Waals surface area contributed by atoms with Gasteiger partial charge < -0.3 is 5.32 Å². The lowest BCUT2D eigenvalue weighted by Crippen LogP contribution is -2.53. The van der Waals surface area contributed by atoms with Gasteiger partial charge in [-0.2, -0.15) is 4.84 Å². The maximum absolute atomic E-state index is 12.8. The standard InChI is InChI=1S/C27H44N2O2S/c1-4-6-7-8-9-10-11-12-13-14-21-31-29(20-5-2,23(3)30)26-17-15-16-25(22-26)28-27(32)24-18-19-24/h15-17,22,24H,4-14,18-21H2,1-3H3/p+1. The third-order valence-electron chi connectivity index (χ3n) is 6.34. The third-order valence-corrected chi connectivity index (χ3v) is 6.77. The van der Waals surface area contributed by atoms with E-state index >= 15 is 0 Å². The molecule has 180 valence electrons. The molecule has 4 nitrogen and oxygen atoms in total. The van der Waals surface area contributed by atoms with Gasteiger partial charge in [0.15, 0.2) is 5.69 Å². The minimum atomic E-state index is -0.0420. The number of thiocarbonyl (C=S) groups is 1. The molecule has 1 N–H and O–H groups in total. The molecule has 0 spiro atoms. The summed E-state index contributed by atoms with van der Waals surface area (Å²) in [6.07, 6.45) is 16.1. The van der Waals surface area contributed by atoms with Gasteiger partial charge >= 0.3 is 5.91 Å². The topological polar surface area (TPSA) is 38.3 Å². The molecule has 1 atom stereocenters. The van der Waals surface area contributed by atoms with Gasteiger partial charge in [0.25, 0.3) is 0 Å². The largest absolute Gasteiger partial charge is 0.350 e. The van der Waals surface area contributed by atoms with Crippen LogP contribution in [0.5, 0.6) is 0 Å². The Morgan fingerprint density at radius 1 is 1.00 bits per heavy atom. The first kappa shape index (κ1) is 26.9. The molecule has 1 aromatic carbocycles.